The van der Waals surface area contributed by atoms with Gasteiger partial charge in [0, 0.05) is 11.8 Å². The second-order valence-corrected chi connectivity index (χ2v) is 7.19. The number of aromatic nitrogens is 2. The molecule has 2 aromatic heterocycles. The number of hydrogen-bond donors (Lipinski definition) is 1. The van der Waals surface area contributed by atoms with Gasteiger partial charge in [-0.1, -0.05) is 55.0 Å². The minimum atomic E-state index is -1.30. The second kappa shape index (κ2) is 7.17. The number of pyridine rings is 1. The molecular weight excluding hydrogens is 367 g/mol. The first-order chi connectivity index (χ1) is 13.9. The van der Waals surface area contributed by atoms with Gasteiger partial charge in [-0.2, -0.15) is 0 Å². The summed E-state index contributed by atoms with van der Waals surface area (Å²) in [6, 6.07) is 15.6. The molecular formula is C24H21FN2O2. The highest BCUT2D eigenvalue weighted by Crippen LogP contribution is 2.36. The zero-order valence-corrected chi connectivity index (χ0v) is 16.5. The average Bonchev–Trinajstić information content (AvgIpc) is 3.04. The lowest BCUT2D eigenvalue weighted by Crippen LogP contribution is -2.03. The van der Waals surface area contributed by atoms with Crippen LogP contribution in [0.2, 0.25) is 0 Å². The summed E-state index contributed by atoms with van der Waals surface area (Å²) in [5.41, 5.74) is 7.09. The maximum absolute atomic E-state index is 14.3. The maximum atomic E-state index is 14.3. The number of aryl methyl sites for hydroxylation is 3. The summed E-state index contributed by atoms with van der Waals surface area (Å²) >= 11 is 0. The van der Waals surface area contributed by atoms with Crippen molar-refractivity contribution in [1.29, 1.82) is 0 Å². The zero-order valence-electron chi connectivity index (χ0n) is 16.5. The normalized spacial score (nSPS) is 11.2. The van der Waals surface area contributed by atoms with Crippen molar-refractivity contribution in [1.82, 2.24) is 9.38 Å². The number of aromatic carboxylic acids is 1. The monoisotopic (exact) mass is 388 g/mol. The first kappa shape index (κ1) is 18.9. The van der Waals surface area contributed by atoms with Gasteiger partial charge in [-0.25, -0.2) is 14.2 Å². The van der Waals surface area contributed by atoms with Gasteiger partial charge < -0.3 is 9.51 Å². The Balaban J connectivity index is 2.00. The van der Waals surface area contributed by atoms with Crippen LogP contribution in [-0.2, 0) is 6.42 Å². The minimum Gasteiger partial charge on any atom is -0.478 e. The number of rotatable bonds is 4. The van der Waals surface area contributed by atoms with Crippen LogP contribution in [0.15, 0.2) is 54.7 Å². The molecule has 4 nitrogen and oxygen atoms in total. The van der Waals surface area contributed by atoms with Crippen LogP contribution in [0.5, 0.6) is 0 Å². The molecule has 4 aromatic rings. The molecule has 0 saturated heterocycles. The van der Waals surface area contributed by atoms with Gasteiger partial charge in [0.25, 0.3) is 0 Å². The molecule has 0 spiro atoms. The van der Waals surface area contributed by atoms with Gasteiger partial charge in [0.15, 0.2) is 5.82 Å². The van der Waals surface area contributed by atoms with Crippen LogP contribution in [0.3, 0.4) is 0 Å². The highest BCUT2D eigenvalue weighted by Gasteiger charge is 2.20. The van der Waals surface area contributed by atoms with Crippen LogP contribution >= 0.6 is 0 Å². The molecule has 146 valence electrons. The largest absolute Gasteiger partial charge is 0.478 e. The Kier molecular flexibility index (Phi) is 4.66. The summed E-state index contributed by atoms with van der Waals surface area (Å²) in [5.74, 6) is -2.07. The Hall–Kier alpha value is -3.47. The topological polar surface area (TPSA) is 54.6 Å². The van der Waals surface area contributed by atoms with Crippen LogP contribution in [-0.4, -0.2) is 20.5 Å². The molecule has 0 saturated carbocycles. The molecule has 0 fully saturated rings. The van der Waals surface area contributed by atoms with Gasteiger partial charge in [0.2, 0.25) is 0 Å². The van der Waals surface area contributed by atoms with E-state index in [2.05, 4.69) is 38.1 Å². The standard InChI is InChI=1S/C24H21FN2O2/c1-4-21-23(26-22-12-19(24(28)29)20(25)13-27(21)22)18-8-6-5-7-17(18)16-10-9-14(2)11-15(16)3/h5-13H,4H2,1-3H3,(H,28,29). The van der Waals surface area contributed by atoms with Gasteiger partial charge in [-0.3, -0.25) is 0 Å². The van der Waals surface area contributed by atoms with Gasteiger partial charge >= 0.3 is 5.97 Å². The molecule has 0 unspecified atom stereocenters. The molecule has 1 N–H and O–H groups in total. The van der Waals surface area contributed by atoms with Crippen molar-refractivity contribution in [3.8, 4) is 22.4 Å². The molecule has 4 rings (SSSR count). The van der Waals surface area contributed by atoms with E-state index in [0.717, 1.165) is 28.1 Å². The number of fused-ring (bicyclic) bond motifs is 1. The Morgan fingerprint density at radius 2 is 1.79 bits per heavy atom. The lowest BCUT2D eigenvalue weighted by atomic mass is 9.93. The second-order valence-electron chi connectivity index (χ2n) is 7.19. The molecule has 5 heteroatoms. The fourth-order valence-electron chi connectivity index (χ4n) is 3.87. The Labute approximate surface area is 168 Å². The third-order valence-electron chi connectivity index (χ3n) is 5.23. The predicted octanol–water partition coefficient (Wildman–Crippen LogP) is 5.68. The van der Waals surface area contributed by atoms with Crippen molar-refractivity contribution in [2.45, 2.75) is 27.2 Å². The summed E-state index contributed by atoms with van der Waals surface area (Å²) in [7, 11) is 0. The smallest absolute Gasteiger partial charge is 0.338 e. The van der Waals surface area contributed by atoms with E-state index in [9.17, 15) is 14.3 Å². The molecule has 0 aliphatic rings. The third-order valence-corrected chi connectivity index (χ3v) is 5.23. The third kappa shape index (κ3) is 3.18. The number of halogens is 1. The van der Waals surface area contributed by atoms with Crippen molar-refractivity contribution >= 4 is 11.6 Å². The highest BCUT2D eigenvalue weighted by molar-refractivity contribution is 5.90. The average molecular weight is 388 g/mol. The van der Waals surface area contributed by atoms with Crippen LogP contribution in [0.4, 0.5) is 4.39 Å². The number of carboxylic acids is 1. The summed E-state index contributed by atoms with van der Waals surface area (Å²) in [5, 5.41) is 9.24. The van der Waals surface area contributed by atoms with Crippen LogP contribution in [0.25, 0.3) is 28.0 Å². The predicted molar refractivity (Wildman–Crippen MR) is 112 cm³/mol. The van der Waals surface area contributed by atoms with Crippen molar-refractivity contribution in [2.24, 2.45) is 0 Å². The van der Waals surface area contributed by atoms with E-state index in [1.54, 1.807) is 4.40 Å². The number of imidazole rings is 1. The SMILES string of the molecule is CCc1c(-c2ccccc2-c2ccc(C)cc2C)nc2cc(C(=O)O)c(F)cn12. The molecule has 0 radical (unpaired) electrons. The molecule has 0 amide bonds. The number of carboxylic acid groups (broad SMARTS) is 1. The molecule has 2 heterocycles. The van der Waals surface area contributed by atoms with Crippen molar-refractivity contribution in [3.05, 3.63) is 82.9 Å². The van der Waals surface area contributed by atoms with Crippen LogP contribution < -0.4 is 0 Å². The maximum Gasteiger partial charge on any atom is 0.338 e. The summed E-state index contributed by atoms with van der Waals surface area (Å²) in [6.07, 6.45) is 1.84. The molecule has 0 aliphatic carbocycles. The fourth-order valence-corrected chi connectivity index (χ4v) is 3.87. The van der Waals surface area contributed by atoms with E-state index in [1.807, 2.05) is 25.1 Å². The quantitative estimate of drug-likeness (QED) is 0.489. The summed E-state index contributed by atoms with van der Waals surface area (Å²) in [6.45, 7) is 6.13. The fraction of sp³-hybridized carbons (Fsp3) is 0.167. The molecule has 0 atom stereocenters. The van der Waals surface area contributed by atoms with E-state index in [-0.39, 0.29) is 5.56 Å². The summed E-state index contributed by atoms with van der Waals surface area (Å²) < 4.78 is 16.0. The Morgan fingerprint density at radius 1 is 1.07 bits per heavy atom. The van der Waals surface area contributed by atoms with E-state index in [4.69, 9.17) is 4.98 Å². The lowest BCUT2D eigenvalue weighted by molar-refractivity contribution is 0.0691. The van der Waals surface area contributed by atoms with Crippen molar-refractivity contribution in [3.63, 3.8) is 0 Å². The van der Waals surface area contributed by atoms with E-state index in [1.165, 1.54) is 23.4 Å². The van der Waals surface area contributed by atoms with Gasteiger partial charge in [-0.15, -0.1) is 0 Å². The van der Waals surface area contributed by atoms with Gasteiger partial charge in [-0.05, 0) is 43.0 Å². The number of carbonyl (C=O) groups is 1. The van der Waals surface area contributed by atoms with E-state index in [0.29, 0.717) is 12.1 Å². The first-order valence-electron chi connectivity index (χ1n) is 9.51. The lowest BCUT2D eigenvalue weighted by Gasteiger charge is -2.12. The van der Waals surface area contributed by atoms with Gasteiger partial charge in [0.05, 0.1) is 11.4 Å². The minimum absolute atomic E-state index is 0.376. The number of nitrogens with zero attached hydrogens (tertiary/aromatic N) is 2. The molecule has 0 bridgehead atoms. The van der Waals surface area contributed by atoms with Crippen molar-refractivity contribution in [2.75, 3.05) is 0 Å². The zero-order chi connectivity index (χ0) is 20.7. The number of benzene rings is 2. The Morgan fingerprint density at radius 3 is 2.45 bits per heavy atom. The number of hydrogen-bond acceptors (Lipinski definition) is 2. The van der Waals surface area contributed by atoms with E-state index >= 15 is 0 Å². The van der Waals surface area contributed by atoms with E-state index < -0.39 is 11.8 Å². The molecule has 2 aromatic carbocycles. The highest BCUT2D eigenvalue weighted by atomic mass is 19.1. The van der Waals surface area contributed by atoms with Crippen LogP contribution in [0.1, 0.15) is 34.1 Å². The van der Waals surface area contributed by atoms with Gasteiger partial charge in [0.1, 0.15) is 11.2 Å². The van der Waals surface area contributed by atoms with Crippen LogP contribution in [0, 0.1) is 19.7 Å². The van der Waals surface area contributed by atoms with Crippen molar-refractivity contribution < 1.29 is 14.3 Å². The molecule has 0 aliphatic heterocycles. The molecule has 29 heavy (non-hydrogen) atoms. The summed E-state index contributed by atoms with van der Waals surface area (Å²) in [4.78, 5) is 16.0. The first-order valence-corrected chi connectivity index (χ1v) is 9.51. The Bertz CT molecular complexity index is 1260.